The second-order valence-corrected chi connectivity index (χ2v) is 6.42. The molecule has 1 rings (SSSR count). The van der Waals surface area contributed by atoms with Gasteiger partial charge in [0.2, 0.25) is 0 Å². The zero-order chi connectivity index (χ0) is 15.7. The SMILES string of the molecule is CCCCCCC(C)OCC(N)c1ccc(C(C)C)cc1. The van der Waals surface area contributed by atoms with Crippen molar-refractivity contribution in [2.45, 2.75) is 77.9 Å². The fourth-order valence-electron chi connectivity index (χ4n) is 2.43. The number of ether oxygens (including phenoxy) is 1. The normalized spacial score (nSPS) is 14.4. The molecule has 0 aliphatic carbocycles. The average Bonchev–Trinajstić information content (AvgIpc) is 2.49. The van der Waals surface area contributed by atoms with Gasteiger partial charge in [0.25, 0.3) is 0 Å². The summed E-state index contributed by atoms with van der Waals surface area (Å²) in [6, 6.07) is 8.59. The molecule has 2 heteroatoms. The van der Waals surface area contributed by atoms with Crippen molar-refractivity contribution < 1.29 is 4.74 Å². The lowest BCUT2D eigenvalue weighted by Gasteiger charge is -2.18. The van der Waals surface area contributed by atoms with Crippen LogP contribution in [0.5, 0.6) is 0 Å². The van der Waals surface area contributed by atoms with Crippen molar-refractivity contribution >= 4 is 0 Å². The maximum absolute atomic E-state index is 6.22. The summed E-state index contributed by atoms with van der Waals surface area (Å²) in [7, 11) is 0. The molecule has 0 aromatic heterocycles. The van der Waals surface area contributed by atoms with Crippen LogP contribution < -0.4 is 5.73 Å². The molecule has 0 fully saturated rings. The highest BCUT2D eigenvalue weighted by Crippen LogP contribution is 2.18. The standard InChI is InChI=1S/C19H33NO/c1-5-6-7-8-9-16(4)21-14-19(20)18-12-10-17(11-13-18)15(2)3/h10-13,15-16,19H,5-9,14,20H2,1-4H3. The molecule has 0 bridgehead atoms. The van der Waals surface area contributed by atoms with Gasteiger partial charge in [0, 0.05) is 0 Å². The Hall–Kier alpha value is -0.860. The number of hydrogen-bond donors (Lipinski definition) is 1. The quantitative estimate of drug-likeness (QED) is 0.602. The highest BCUT2D eigenvalue weighted by molar-refractivity contribution is 5.26. The first-order chi connectivity index (χ1) is 10.0. The Morgan fingerprint density at radius 2 is 1.57 bits per heavy atom. The zero-order valence-corrected chi connectivity index (χ0v) is 14.3. The van der Waals surface area contributed by atoms with Gasteiger partial charge in [0.15, 0.2) is 0 Å². The van der Waals surface area contributed by atoms with E-state index in [0.29, 0.717) is 18.6 Å². The smallest absolute Gasteiger partial charge is 0.0662 e. The van der Waals surface area contributed by atoms with Gasteiger partial charge in [-0.25, -0.2) is 0 Å². The second kappa shape index (κ2) is 9.97. The van der Waals surface area contributed by atoms with E-state index in [9.17, 15) is 0 Å². The molecule has 0 aliphatic heterocycles. The van der Waals surface area contributed by atoms with Crippen LogP contribution in [0.4, 0.5) is 0 Å². The zero-order valence-electron chi connectivity index (χ0n) is 14.3. The average molecular weight is 291 g/mol. The van der Waals surface area contributed by atoms with Crippen LogP contribution in [0.15, 0.2) is 24.3 Å². The van der Waals surface area contributed by atoms with Crippen LogP contribution in [-0.4, -0.2) is 12.7 Å². The molecule has 0 aliphatic rings. The summed E-state index contributed by atoms with van der Waals surface area (Å²) >= 11 is 0. The van der Waals surface area contributed by atoms with E-state index in [1.165, 1.54) is 31.2 Å². The minimum Gasteiger partial charge on any atom is -0.377 e. The fraction of sp³-hybridized carbons (Fsp3) is 0.684. The number of benzene rings is 1. The monoisotopic (exact) mass is 291 g/mol. The van der Waals surface area contributed by atoms with E-state index in [1.54, 1.807) is 0 Å². The predicted molar refractivity (Wildman–Crippen MR) is 91.6 cm³/mol. The Balaban J connectivity index is 2.30. The number of rotatable bonds is 10. The molecule has 1 aromatic carbocycles. The van der Waals surface area contributed by atoms with Gasteiger partial charge < -0.3 is 10.5 Å². The van der Waals surface area contributed by atoms with Crippen molar-refractivity contribution in [1.29, 1.82) is 0 Å². The molecule has 0 amide bonds. The lowest BCUT2D eigenvalue weighted by Crippen LogP contribution is -2.21. The van der Waals surface area contributed by atoms with Crippen LogP contribution in [0.1, 0.15) is 82.9 Å². The third kappa shape index (κ3) is 7.10. The molecule has 0 heterocycles. The van der Waals surface area contributed by atoms with Gasteiger partial charge in [-0.05, 0) is 30.4 Å². The first kappa shape index (κ1) is 18.2. The Labute approximate surface area is 131 Å². The van der Waals surface area contributed by atoms with Crippen molar-refractivity contribution in [1.82, 2.24) is 0 Å². The fourth-order valence-corrected chi connectivity index (χ4v) is 2.43. The van der Waals surface area contributed by atoms with E-state index in [4.69, 9.17) is 10.5 Å². The molecule has 2 N–H and O–H groups in total. The highest BCUT2D eigenvalue weighted by Gasteiger charge is 2.09. The van der Waals surface area contributed by atoms with Gasteiger partial charge in [0.1, 0.15) is 0 Å². The van der Waals surface area contributed by atoms with E-state index >= 15 is 0 Å². The topological polar surface area (TPSA) is 35.2 Å². The number of nitrogens with two attached hydrogens (primary N) is 1. The molecule has 0 spiro atoms. The first-order valence-electron chi connectivity index (χ1n) is 8.51. The van der Waals surface area contributed by atoms with Crippen molar-refractivity contribution in [2.75, 3.05) is 6.61 Å². The Morgan fingerprint density at radius 1 is 0.952 bits per heavy atom. The van der Waals surface area contributed by atoms with Crippen LogP contribution in [0, 0.1) is 0 Å². The molecular formula is C19H33NO. The summed E-state index contributed by atoms with van der Waals surface area (Å²) in [6.45, 7) is 9.41. The largest absolute Gasteiger partial charge is 0.377 e. The molecule has 2 unspecified atom stereocenters. The predicted octanol–water partition coefficient (Wildman–Crippen LogP) is 5.19. The molecule has 0 saturated carbocycles. The Bertz CT molecular complexity index is 372. The van der Waals surface area contributed by atoms with Gasteiger partial charge in [-0.2, -0.15) is 0 Å². The highest BCUT2D eigenvalue weighted by atomic mass is 16.5. The maximum Gasteiger partial charge on any atom is 0.0662 e. The van der Waals surface area contributed by atoms with E-state index in [0.717, 1.165) is 12.0 Å². The van der Waals surface area contributed by atoms with Crippen LogP contribution in [0.3, 0.4) is 0 Å². The first-order valence-corrected chi connectivity index (χ1v) is 8.51. The molecule has 2 nitrogen and oxygen atoms in total. The Morgan fingerprint density at radius 3 is 2.14 bits per heavy atom. The van der Waals surface area contributed by atoms with E-state index in [-0.39, 0.29) is 6.04 Å². The molecule has 21 heavy (non-hydrogen) atoms. The summed E-state index contributed by atoms with van der Waals surface area (Å²) in [4.78, 5) is 0. The van der Waals surface area contributed by atoms with E-state index in [1.807, 2.05) is 0 Å². The summed E-state index contributed by atoms with van der Waals surface area (Å²) in [5.41, 5.74) is 8.74. The summed E-state index contributed by atoms with van der Waals surface area (Å²) in [5.74, 6) is 0.565. The minimum absolute atomic E-state index is 0.0238. The summed E-state index contributed by atoms with van der Waals surface area (Å²) in [6.07, 6.45) is 6.63. The summed E-state index contributed by atoms with van der Waals surface area (Å²) in [5, 5.41) is 0. The van der Waals surface area contributed by atoms with Crippen LogP contribution in [0.2, 0.25) is 0 Å². The third-order valence-corrected chi connectivity index (χ3v) is 4.06. The van der Waals surface area contributed by atoms with Crippen molar-refractivity contribution in [3.05, 3.63) is 35.4 Å². The molecular weight excluding hydrogens is 258 g/mol. The molecule has 1 aromatic rings. The van der Waals surface area contributed by atoms with Crippen molar-refractivity contribution in [3.8, 4) is 0 Å². The number of hydrogen-bond acceptors (Lipinski definition) is 2. The molecule has 0 saturated heterocycles. The van der Waals surface area contributed by atoms with Crippen LogP contribution in [0.25, 0.3) is 0 Å². The van der Waals surface area contributed by atoms with Gasteiger partial charge in [0.05, 0.1) is 18.8 Å². The summed E-state index contributed by atoms with van der Waals surface area (Å²) < 4.78 is 5.89. The lowest BCUT2D eigenvalue weighted by atomic mass is 9.99. The van der Waals surface area contributed by atoms with E-state index in [2.05, 4.69) is 52.0 Å². The van der Waals surface area contributed by atoms with Gasteiger partial charge in [-0.3, -0.25) is 0 Å². The Kier molecular flexibility index (Phi) is 8.63. The molecule has 0 radical (unpaired) electrons. The van der Waals surface area contributed by atoms with Crippen molar-refractivity contribution in [2.24, 2.45) is 5.73 Å². The lowest BCUT2D eigenvalue weighted by molar-refractivity contribution is 0.0490. The van der Waals surface area contributed by atoms with Crippen LogP contribution >= 0.6 is 0 Å². The second-order valence-electron chi connectivity index (χ2n) is 6.42. The molecule has 2 atom stereocenters. The minimum atomic E-state index is -0.0238. The molecule has 120 valence electrons. The van der Waals surface area contributed by atoms with Crippen molar-refractivity contribution in [3.63, 3.8) is 0 Å². The maximum atomic E-state index is 6.22. The van der Waals surface area contributed by atoms with Crippen LogP contribution in [-0.2, 0) is 4.74 Å². The number of unbranched alkanes of at least 4 members (excludes halogenated alkanes) is 3. The van der Waals surface area contributed by atoms with Gasteiger partial charge in [-0.15, -0.1) is 0 Å². The third-order valence-electron chi connectivity index (χ3n) is 4.06. The van der Waals surface area contributed by atoms with Gasteiger partial charge >= 0.3 is 0 Å². The van der Waals surface area contributed by atoms with Gasteiger partial charge in [-0.1, -0.05) is 70.7 Å². The van der Waals surface area contributed by atoms with E-state index < -0.39 is 0 Å².